The van der Waals surface area contributed by atoms with Gasteiger partial charge >= 0.3 is 0 Å². The van der Waals surface area contributed by atoms with Gasteiger partial charge < -0.3 is 10.6 Å². The highest BCUT2D eigenvalue weighted by atomic mass is 32.1. The van der Waals surface area contributed by atoms with Gasteiger partial charge in [-0.1, -0.05) is 56.4 Å². The van der Waals surface area contributed by atoms with Crippen molar-refractivity contribution in [2.24, 2.45) is 5.73 Å². The molecule has 0 aromatic heterocycles. The standard InChI is InChI=1S/C15H22N2OS/c1-3-10-17(11-4-2)15(18)13(14(16)19)12-8-6-5-7-9-12/h5-9,13H,3-4,10-11H2,1-2H3,(H2,16,19). The van der Waals surface area contributed by atoms with Gasteiger partial charge in [-0.25, -0.2) is 0 Å². The second kappa shape index (κ2) is 7.89. The molecular weight excluding hydrogens is 256 g/mol. The monoisotopic (exact) mass is 278 g/mol. The van der Waals surface area contributed by atoms with E-state index in [1.54, 1.807) is 0 Å². The molecule has 4 heteroatoms. The van der Waals surface area contributed by atoms with Crippen molar-refractivity contribution in [3.8, 4) is 0 Å². The van der Waals surface area contributed by atoms with Crippen LogP contribution >= 0.6 is 12.2 Å². The maximum Gasteiger partial charge on any atom is 0.236 e. The second-order valence-electron chi connectivity index (χ2n) is 4.57. The lowest BCUT2D eigenvalue weighted by Crippen LogP contribution is -2.40. The first-order valence-corrected chi connectivity index (χ1v) is 7.15. The van der Waals surface area contributed by atoms with E-state index < -0.39 is 5.92 Å². The van der Waals surface area contributed by atoms with E-state index in [9.17, 15) is 4.79 Å². The van der Waals surface area contributed by atoms with Crippen LogP contribution in [0, 0.1) is 0 Å². The third-order valence-corrected chi connectivity index (χ3v) is 3.20. The second-order valence-corrected chi connectivity index (χ2v) is 5.04. The fraction of sp³-hybridized carbons (Fsp3) is 0.467. The predicted molar refractivity (Wildman–Crippen MR) is 83.1 cm³/mol. The molecule has 0 aliphatic carbocycles. The van der Waals surface area contributed by atoms with Gasteiger partial charge in [0.15, 0.2) is 0 Å². The molecule has 19 heavy (non-hydrogen) atoms. The minimum Gasteiger partial charge on any atom is -0.392 e. The molecule has 1 unspecified atom stereocenters. The zero-order valence-electron chi connectivity index (χ0n) is 11.6. The first-order chi connectivity index (χ1) is 9.11. The Morgan fingerprint density at radius 1 is 1.21 bits per heavy atom. The van der Waals surface area contributed by atoms with E-state index >= 15 is 0 Å². The summed E-state index contributed by atoms with van der Waals surface area (Å²) in [5.74, 6) is -0.489. The molecule has 0 bridgehead atoms. The van der Waals surface area contributed by atoms with E-state index in [1.807, 2.05) is 35.2 Å². The lowest BCUT2D eigenvalue weighted by molar-refractivity contribution is -0.131. The number of hydrogen-bond acceptors (Lipinski definition) is 2. The third kappa shape index (κ3) is 4.31. The fourth-order valence-corrected chi connectivity index (χ4v) is 2.37. The van der Waals surface area contributed by atoms with Crippen LogP contribution in [-0.2, 0) is 4.79 Å². The summed E-state index contributed by atoms with van der Waals surface area (Å²) in [5, 5.41) is 0. The van der Waals surface area contributed by atoms with Gasteiger partial charge in [0.2, 0.25) is 5.91 Å². The van der Waals surface area contributed by atoms with E-state index in [2.05, 4.69) is 13.8 Å². The Morgan fingerprint density at radius 3 is 2.16 bits per heavy atom. The highest BCUT2D eigenvalue weighted by Crippen LogP contribution is 2.19. The summed E-state index contributed by atoms with van der Waals surface area (Å²) >= 11 is 5.09. The first kappa shape index (κ1) is 15.6. The Bertz CT molecular complexity index is 413. The van der Waals surface area contributed by atoms with Gasteiger partial charge in [0.25, 0.3) is 0 Å². The molecule has 0 radical (unpaired) electrons. The Labute approximate surface area is 120 Å². The van der Waals surface area contributed by atoms with Gasteiger partial charge in [-0.15, -0.1) is 0 Å². The number of carbonyl (C=O) groups excluding carboxylic acids is 1. The van der Waals surface area contributed by atoms with Crippen molar-refractivity contribution >= 4 is 23.1 Å². The molecule has 0 aliphatic heterocycles. The number of carbonyl (C=O) groups is 1. The number of benzene rings is 1. The first-order valence-electron chi connectivity index (χ1n) is 6.74. The van der Waals surface area contributed by atoms with E-state index in [0.29, 0.717) is 0 Å². The van der Waals surface area contributed by atoms with Crippen LogP contribution in [0.25, 0.3) is 0 Å². The van der Waals surface area contributed by atoms with Crippen molar-refractivity contribution in [2.45, 2.75) is 32.6 Å². The SMILES string of the molecule is CCCN(CCC)C(=O)C(C(N)=S)c1ccccc1. The van der Waals surface area contributed by atoms with Crippen molar-refractivity contribution < 1.29 is 4.79 Å². The molecule has 1 rings (SSSR count). The van der Waals surface area contributed by atoms with Crippen LogP contribution < -0.4 is 5.73 Å². The van der Waals surface area contributed by atoms with E-state index in [-0.39, 0.29) is 10.9 Å². The molecule has 2 N–H and O–H groups in total. The number of hydrogen-bond donors (Lipinski definition) is 1. The molecule has 1 atom stereocenters. The van der Waals surface area contributed by atoms with Crippen LogP contribution in [0.2, 0.25) is 0 Å². The average Bonchev–Trinajstić information content (AvgIpc) is 2.39. The van der Waals surface area contributed by atoms with Crippen molar-refractivity contribution in [3.05, 3.63) is 35.9 Å². The quantitative estimate of drug-likeness (QED) is 0.780. The zero-order valence-corrected chi connectivity index (χ0v) is 12.5. The van der Waals surface area contributed by atoms with Gasteiger partial charge in [0.05, 0.1) is 4.99 Å². The largest absolute Gasteiger partial charge is 0.392 e. The summed E-state index contributed by atoms with van der Waals surface area (Å²) in [7, 11) is 0. The number of nitrogens with two attached hydrogens (primary N) is 1. The Balaban J connectivity index is 2.98. The zero-order chi connectivity index (χ0) is 14.3. The maximum absolute atomic E-state index is 12.6. The van der Waals surface area contributed by atoms with Gasteiger partial charge in [0, 0.05) is 13.1 Å². The Morgan fingerprint density at radius 2 is 1.74 bits per heavy atom. The molecule has 1 amide bonds. The summed E-state index contributed by atoms with van der Waals surface area (Å²) in [6.45, 7) is 5.62. The molecule has 0 spiro atoms. The van der Waals surface area contributed by atoms with Gasteiger partial charge in [-0.2, -0.15) is 0 Å². The minimum atomic E-state index is -0.505. The number of nitrogens with zero attached hydrogens (tertiary/aromatic N) is 1. The molecule has 0 saturated heterocycles. The summed E-state index contributed by atoms with van der Waals surface area (Å²) in [5.41, 5.74) is 6.66. The van der Waals surface area contributed by atoms with Gasteiger partial charge in [0.1, 0.15) is 5.92 Å². The van der Waals surface area contributed by atoms with E-state index in [4.69, 9.17) is 18.0 Å². The summed E-state index contributed by atoms with van der Waals surface area (Å²) in [6.07, 6.45) is 1.87. The molecule has 0 aliphatic rings. The van der Waals surface area contributed by atoms with Crippen LogP contribution in [0.5, 0.6) is 0 Å². The lowest BCUT2D eigenvalue weighted by Gasteiger charge is -2.26. The molecule has 0 saturated carbocycles. The van der Waals surface area contributed by atoms with Crippen LogP contribution in [-0.4, -0.2) is 28.9 Å². The average molecular weight is 278 g/mol. The van der Waals surface area contributed by atoms with Crippen LogP contribution in [0.15, 0.2) is 30.3 Å². The van der Waals surface area contributed by atoms with Crippen LogP contribution in [0.1, 0.15) is 38.2 Å². The van der Waals surface area contributed by atoms with E-state index in [0.717, 1.165) is 31.5 Å². The Kier molecular flexibility index (Phi) is 6.50. The van der Waals surface area contributed by atoms with Gasteiger partial charge in [-0.3, -0.25) is 4.79 Å². The smallest absolute Gasteiger partial charge is 0.236 e. The highest BCUT2D eigenvalue weighted by molar-refractivity contribution is 7.80. The number of rotatable bonds is 7. The summed E-state index contributed by atoms with van der Waals surface area (Å²) in [4.78, 5) is 14.7. The predicted octanol–water partition coefficient (Wildman–Crippen LogP) is 2.70. The van der Waals surface area contributed by atoms with Gasteiger partial charge in [-0.05, 0) is 18.4 Å². The molecule has 3 nitrogen and oxygen atoms in total. The summed E-state index contributed by atoms with van der Waals surface area (Å²) in [6, 6.07) is 9.52. The van der Waals surface area contributed by atoms with Crippen LogP contribution in [0.4, 0.5) is 0 Å². The van der Waals surface area contributed by atoms with Crippen molar-refractivity contribution in [1.82, 2.24) is 4.90 Å². The minimum absolute atomic E-state index is 0.0161. The Hall–Kier alpha value is -1.42. The maximum atomic E-state index is 12.6. The fourth-order valence-electron chi connectivity index (χ4n) is 2.13. The summed E-state index contributed by atoms with van der Waals surface area (Å²) < 4.78 is 0. The topological polar surface area (TPSA) is 46.3 Å². The lowest BCUT2D eigenvalue weighted by atomic mass is 9.97. The molecular formula is C15H22N2OS. The molecule has 1 aromatic rings. The molecule has 0 heterocycles. The van der Waals surface area contributed by atoms with E-state index in [1.165, 1.54) is 0 Å². The molecule has 0 fully saturated rings. The highest BCUT2D eigenvalue weighted by Gasteiger charge is 2.27. The van der Waals surface area contributed by atoms with Crippen molar-refractivity contribution in [1.29, 1.82) is 0 Å². The van der Waals surface area contributed by atoms with Crippen molar-refractivity contribution in [3.63, 3.8) is 0 Å². The normalized spacial score (nSPS) is 11.9. The number of amides is 1. The molecule has 1 aromatic carbocycles. The number of thiocarbonyl (C=S) groups is 1. The third-order valence-electron chi connectivity index (χ3n) is 2.96. The van der Waals surface area contributed by atoms with Crippen LogP contribution in [0.3, 0.4) is 0 Å². The van der Waals surface area contributed by atoms with Crippen molar-refractivity contribution in [2.75, 3.05) is 13.1 Å². The molecule has 104 valence electrons.